The first-order valence-electron chi connectivity index (χ1n) is 10.6. The highest BCUT2D eigenvalue weighted by Crippen LogP contribution is 2.37. The number of aryl methyl sites for hydroxylation is 1. The zero-order valence-corrected chi connectivity index (χ0v) is 19.7. The lowest BCUT2D eigenvalue weighted by atomic mass is 10.1. The molecule has 7 nitrogen and oxygen atoms in total. The van der Waals surface area contributed by atoms with Crippen molar-refractivity contribution in [1.82, 2.24) is 19.2 Å². The first-order valence-corrected chi connectivity index (χ1v) is 11.4. The van der Waals surface area contributed by atoms with Gasteiger partial charge in [0.15, 0.2) is 4.96 Å². The summed E-state index contributed by atoms with van der Waals surface area (Å²) in [7, 11) is 3.35. The standard InChI is InChI=1S/C23H30N4O3S/c1-15(2)22(28)26-10-8-25(9-11-26)14-19-21(24-23-27(19)13-16(3)31-23)18-12-17(29-4)6-7-20(18)30-5/h6-7,12-13,15H,8-11,14H2,1-5H3. The molecule has 1 amide bonds. The van der Waals surface area contributed by atoms with Crippen LogP contribution in [0.3, 0.4) is 0 Å². The van der Waals surface area contributed by atoms with Crippen LogP contribution < -0.4 is 9.47 Å². The van der Waals surface area contributed by atoms with Crippen LogP contribution in [0.2, 0.25) is 0 Å². The first kappa shape index (κ1) is 21.6. The lowest BCUT2D eigenvalue weighted by Crippen LogP contribution is -2.49. The van der Waals surface area contributed by atoms with Gasteiger partial charge in [0, 0.05) is 55.3 Å². The number of fused-ring (bicyclic) bond motifs is 1. The van der Waals surface area contributed by atoms with Gasteiger partial charge in [-0.3, -0.25) is 14.1 Å². The van der Waals surface area contributed by atoms with Crippen molar-refractivity contribution in [3.8, 4) is 22.8 Å². The van der Waals surface area contributed by atoms with Gasteiger partial charge in [-0.05, 0) is 25.1 Å². The predicted molar refractivity (Wildman–Crippen MR) is 123 cm³/mol. The number of thiazole rings is 1. The van der Waals surface area contributed by atoms with Gasteiger partial charge in [-0.2, -0.15) is 0 Å². The topological polar surface area (TPSA) is 59.3 Å². The third-order valence-electron chi connectivity index (χ3n) is 5.75. The minimum Gasteiger partial charge on any atom is -0.497 e. The Balaban J connectivity index is 1.66. The van der Waals surface area contributed by atoms with E-state index >= 15 is 0 Å². The molecule has 0 spiro atoms. The molecule has 0 aliphatic carbocycles. The van der Waals surface area contributed by atoms with Gasteiger partial charge in [-0.15, -0.1) is 11.3 Å². The number of aromatic nitrogens is 2. The van der Waals surface area contributed by atoms with E-state index in [2.05, 4.69) is 22.4 Å². The van der Waals surface area contributed by atoms with Crippen molar-refractivity contribution in [2.45, 2.75) is 27.3 Å². The van der Waals surface area contributed by atoms with Crippen molar-refractivity contribution < 1.29 is 14.3 Å². The van der Waals surface area contributed by atoms with E-state index in [9.17, 15) is 4.79 Å². The molecule has 2 aromatic heterocycles. The van der Waals surface area contributed by atoms with E-state index in [0.717, 1.165) is 66.1 Å². The zero-order valence-electron chi connectivity index (χ0n) is 18.8. The van der Waals surface area contributed by atoms with Crippen LogP contribution in [0, 0.1) is 12.8 Å². The van der Waals surface area contributed by atoms with Gasteiger partial charge in [0.2, 0.25) is 5.91 Å². The molecule has 1 fully saturated rings. The van der Waals surface area contributed by atoms with Crippen molar-refractivity contribution in [3.05, 3.63) is 35.0 Å². The third kappa shape index (κ3) is 4.27. The predicted octanol–water partition coefficient (Wildman–Crippen LogP) is 3.69. The van der Waals surface area contributed by atoms with E-state index in [1.54, 1.807) is 25.6 Å². The molecule has 0 atom stereocenters. The molecule has 3 aromatic rings. The minimum atomic E-state index is 0.0434. The molecule has 166 valence electrons. The number of hydrogen-bond acceptors (Lipinski definition) is 6. The fraction of sp³-hybridized carbons (Fsp3) is 0.478. The molecule has 0 bridgehead atoms. The van der Waals surface area contributed by atoms with E-state index in [1.807, 2.05) is 36.9 Å². The van der Waals surface area contributed by atoms with Gasteiger partial charge in [-0.25, -0.2) is 4.98 Å². The lowest BCUT2D eigenvalue weighted by molar-refractivity contribution is -0.136. The maximum Gasteiger partial charge on any atom is 0.225 e. The van der Waals surface area contributed by atoms with Crippen LogP contribution in [0.1, 0.15) is 24.4 Å². The second kappa shape index (κ2) is 8.88. The number of carbonyl (C=O) groups is 1. The van der Waals surface area contributed by atoms with Crippen LogP contribution in [0.15, 0.2) is 24.4 Å². The number of benzene rings is 1. The number of ether oxygens (including phenoxy) is 2. The third-order valence-corrected chi connectivity index (χ3v) is 6.65. The summed E-state index contributed by atoms with van der Waals surface area (Å²) < 4.78 is 13.3. The molecule has 3 heterocycles. The number of methoxy groups -OCH3 is 2. The Morgan fingerprint density at radius 1 is 1.16 bits per heavy atom. The van der Waals surface area contributed by atoms with Gasteiger partial charge >= 0.3 is 0 Å². The summed E-state index contributed by atoms with van der Waals surface area (Å²) in [5.41, 5.74) is 2.98. The monoisotopic (exact) mass is 442 g/mol. The Morgan fingerprint density at radius 3 is 2.55 bits per heavy atom. The first-order chi connectivity index (χ1) is 14.9. The average molecular weight is 443 g/mol. The van der Waals surface area contributed by atoms with Crippen LogP contribution in [0.25, 0.3) is 16.2 Å². The number of nitrogens with zero attached hydrogens (tertiary/aromatic N) is 4. The Morgan fingerprint density at radius 2 is 1.90 bits per heavy atom. The zero-order chi connectivity index (χ0) is 22.1. The molecule has 1 aromatic carbocycles. The van der Waals surface area contributed by atoms with Gasteiger partial charge in [-0.1, -0.05) is 13.8 Å². The van der Waals surface area contributed by atoms with Crippen molar-refractivity contribution in [1.29, 1.82) is 0 Å². The van der Waals surface area contributed by atoms with Gasteiger partial charge in [0.25, 0.3) is 0 Å². The fourth-order valence-corrected chi connectivity index (χ4v) is 4.91. The van der Waals surface area contributed by atoms with Crippen LogP contribution >= 0.6 is 11.3 Å². The molecule has 0 saturated carbocycles. The summed E-state index contributed by atoms with van der Waals surface area (Å²) in [5, 5.41) is 0. The Labute approximate surface area is 187 Å². The molecule has 1 aliphatic heterocycles. The lowest BCUT2D eigenvalue weighted by Gasteiger charge is -2.35. The van der Waals surface area contributed by atoms with Gasteiger partial charge < -0.3 is 14.4 Å². The summed E-state index contributed by atoms with van der Waals surface area (Å²) in [4.78, 5) is 23.9. The van der Waals surface area contributed by atoms with Crippen molar-refractivity contribution in [3.63, 3.8) is 0 Å². The minimum absolute atomic E-state index is 0.0434. The molecule has 4 rings (SSSR count). The van der Waals surface area contributed by atoms with Crippen molar-refractivity contribution >= 4 is 22.2 Å². The van der Waals surface area contributed by atoms with Gasteiger partial charge in [0.05, 0.1) is 25.6 Å². The van der Waals surface area contributed by atoms with E-state index in [4.69, 9.17) is 14.5 Å². The number of carbonyl (C=O) groups excluding carboxylic acids is 1. The van der Waals surface area contributed by atoms with Crippen molar-refractivity contribution in [2.24, 2.45) is 5.92 Å². The molecule has 8 heteroatoms. The Bertz CT molecular complexity index is 1080. The smallest absolute Gasteiger partial charge is 0.225 e. The van der Waals surface area contributed by atoms with Crippen LogP contribution in [-0.2, 0) is 11.3 Å². The molecule has 1 aliphatic rings. The number of piperazine rings is 1. The van der Waals surface area contributed by atoms with Crippen LogP contribution in [0.4, 0.5) is 0 Å². The SMILES string of the molecule is COc1ccc(OC)c(-c2nc3sc(C)cn3c2CN2CCN(C(=O)C(C)C)CC2)c1. The van der Waals surface area contributed by atoms with Crippen LogP contribution in [0.5, 0.6) is 11.5 Å². The molecule has 31 heavy (non-hydrogen) atoms. The molecular formula is C23H30N4O3S. The maximum atomic E-state index is 12.3. The largest absolute Gasteiger partial charge is 0.497 e. The highest BCUT2D eigenvalue weighted by Gasteiger charge is 2.26. The summed E-state index contributed by atoms with van der Waals surface area (Å²) in [6, 6.07) is 5.81. The molecule has 0 N–H and O–H groups in total. The molecule has 1 saturated heterocycles. The normalized spacial score (nSPS) is 15.1. The Kier molecular flexibility index (Phi) is 6.20. The highest BCUT2D eigenvalue weighted by atomic mass is 32.1. The second-order valence-electron chi connectivity index (χ2n) is 8.22. The van der Waals surface area contributed by atoms with Crippen LogP contribution in [-0.4, -0.2) is 65.5 Å². The molecular weight excluding hydrogens is 412 g/mol. The summed E-state index contributed by atoms with van der Waals surface area (Å²) in [6.07, 6.45) is 2.15. The summed E-state index contributed by atoms with van der Waals surface area (Å²) in [6.45, 7) is 10.0. The number of imidazole rings is 1. The van der Waals surface area contributed by atoms with E-state index in [0.29, 0.717) is 0 Å². The average Bonchev–Trinajstić information content (AvgIpc) is 3.29. The Hall–Kier alpha value is -2.58. The number of hydrogen-bond donors (Lipinski definition) is 0. The maximum absolute atomic E-state index is 12.3. The molecule has 0 radical (unpaired) electrons. The van der Waals surface area contributed by atoms with E-state index in [-0.39, 0.29) is 11.8 Å². The quantitative estimate of drug-likeness (QED) is 0.583. The summed E-state index contributed by atoms with van der Waals surface area (Å²) in [5.74, 6) is 1.83. The van der Waals surface area contributed by atoms with Gasteiger partial charge in [0.1, 0.15) is 11.5 Å². The fourth-order valence-electron chi connectivity index (χ4n) is 4.07. The number of amides is 1. The number of rotatable bonds is 6. The summed E-state index contributed by atoms with van der Waals surface area (Å²) >= 11 is 1.68. The second-order valence-corrected chi connectivity index (χ2v) is 9.44. The molecule has 0 unspecified atom stereocenters. The van der Waals surface area contributed by atoms with E-state index < -0.39 is 0 Å². The van der Waals surface area contributed by atoms with E-state index in [1.165, 1.54) is 4.88 Å². The highest BCUT2D eigenvalue weighted by molar-refractivity contribution is 7.17. The van der Waals surface area contributed by atoms with Crippen molar-refractivity contribution in [2.75, 3.05) is 40.4 Å².